The molecule has 2 aromatic rings. The molecule has 0 saturated carbocycles. The molecule has 7 nitrogen and oxygen atoms in total. The van der Waals surface area contributed by atoms with Crippen molar-refractivity contribution in [1.82, 2.24) is 4.90 Å². The second-order valence-corrected chi connectivity index (χ2v) is 8.38. The van der Waals surface area contributed by atoms with Crippen molar-refractivity contribution < 1.29 is 19.2 Å². The van der Waals surface area contributed by atoms with E-state index in [0.29, 0.717) is 37.3 Å². The summed E-state index contributed by atoms with van der Waals surface area (Å²) in [6, 6.07) is 11.0. The predicted molar refractivity (Wildman–Crippen MR) is 111 cm³/mol. The summed E-state index contributed by atoms with van der Waals surface area (Å²) < 4.78 is 5.12. The zero-order chi connectivity index (χ0) is 20.3. The average Bonchev–Trinajstić information content (AvgIpc) is 3.39. The molecule has 2 aliphatic heterocycles. The Morgan fingerprint density at radius 2 is 2.14 bits per heavy atom. The summed E-state index contributed by atoms with van der Waals surface area (Å²) in [7, 11) is 1.59. The van der Waals surface area contributed by atoms with Crippen molar-refractivity contribution in [2.75, 3.05) is 25.5 Å². The zero-order valence-corrected chi connectivity index (χ0v) is 17.0. The summed E-state index contributed by atoms with van der Waals surface area (Å²) in [6.07, 6.45) is 2.41. The smallest absolute Gasteiger partial charge is 0.273 e. The van der Waals surface area contributed by atoms with Crippen molar-refractivity contribution in [3.8, 4) is 5.75 Å². The van der Waals surface area contributed by atoms with E-state index in [1.165, 1.54) is 0 Å². The number of thiophene rings is 1. The maximum absolute atomic E-state index is 12.7. The van der Waals surface area contributed by atoms with Gasteiger partial charge in [0.05, 0.1) is 20.1 Å². The first-order valence-electron chi connectivity index (χ1n) is 9.57. The van der Waals surface area contributed by atoms with Crippen molar-refractivity contribution in [2.45, 2.75) is 31.3 Å². The highest BCUT2D eigenvalue weighted by atomic mass is 32.1. The Labute approximate surface area is 173 Å². The van der Waals surface area contributed by atoms with Crippen molar-refractivity contribution in [3.63, 3.8) is 0 Å². The number of anilines is 1. The quantitative estimate of drug-likeness (QED) is 0.817. The van der Waals surface area contributed by atoms with Crippen LogP contribution in [0.25, 0.3) is 0 Å². The lowest BCUT2D eigenvalue weighted by Gasteiger charge is -2.38. The Morgan fingerprint density at radius 3 is 2.86 bits per heavy atom. The van der Waals surface area contributed by atoms with Crippen LogP contribution < -0.4 is 10.1 Å². The van der Waals surface area contributed by atoms with E-state index in [9.17, 15) is 9.59 Å². The fourth-order valence-electron chi connectivity index (χ4n) is 3.72. The largest absolute Gasteiger partial charge is 0.497 e. The van der Waals surface area contributed by atoms with E-state index >= 15 is 0 Å². The number of likely N-dealkylation sites (tertiary alicyclic amines) is 1. The molecule has 1 unspecified atom stereocenters. The molecule has 1 atom stereocenters. The van der Waals surface area contributed by atoms with Crippen LogP contribution in [0.2, 0.25) is 0 Å². The summed E-state index contributed by atoms with van der Waals surface area (Å²) in [5.41, 5.74) is 0.417. The summed E-state index contributed by atoms with van der Waals surface area (Å²) in [5.74, 6) is 0.526. The summed E-state index contributed by atoms with van der Waals surface area (Å²) in [5, 5.41) is 8.87. The Hall–Kier alpha value is -2.87. The Kier molecular flexibility index (Phi) is 5.53. The number of hydrogen-bond donors (Lipinski definition) is 1. The molecule has 1 aromatic carbocycles. The van der Waals surface area contributed by atoms with Crippen LogP contribution in [-0.2, 0) is 20.8 Å². The lowest BCUT2D eigenvalue weighted by Crippen LogP contribution is -2.51. The van der Waals surface area contributed by atoms with Crippen LogP contribution in [0.3, 0.4) is 0 Å². The Bertz CT molecular complexity index is 911. The van der Waals surface area contributed by atoms with E-state index in [2.05, 4.69) is 10.5 Å². The number of ether oxygens (including phenoxy) is 1. The highest BCUT2D eigenvalue weighted by Crippen LogP contribution is 2.34. The molecule has 29 heavy (non-hydrogen) atoms. The fourth-order valence-corrected chi connectivity index (χ4v) is 4.42. The molecular weight excluding hydrogens is 390 g/mol. The number of nitrogens with one attached hydrogen (secondary N) is 1. The maximum Gasteiger partial charge on any atom is 0.273 e. The van der Waals surface area contributed by atoms with Crippen molar-refractivity contribution in [1.29, 1.82) is 0 Å². The Morgan fingerprint density at radius 1 is 1.31 bits per heavy atom. The molecule has 1 aromatic heterocycles. The van der Waals surface area contributed by atoms with Gasteiger partial charge in [-0.25, -0.2) is 0 Å². The van der Waals surface area contributed by atoms with Gasteiger partial charge in [-0.1, -0.05) is 11.2 Å². The second kappa shape index (κ2) is 8.24. The predicted octanol–water partition coefficient (Wildman–Crippen LogP) is 3.08. The summed E-state index contributed by atoms with van der Waals surface area (Å²) in [4.78, 5) is 33.9. The van der Waals surface area contributed by atoms with E-state index in [4.69, 9.17) is 9.57 Å². The van der Waals surface area contributed by atoms with Gasteiger partial charge in [0, 0.05) is 23.5 Å². The Balaban J connectivity index is 1.35. The van der Waals surface area contributed by atoms with Crippen LogP contribution in [0.1, 0.15) is 24.1 Å². The van der Waals surface area contributed by atoms with Gasteiger partial charge in [-0.3, -0.25) is 9.59 Å². The van der Waals surface area contributed by atoms with E-state index in [1.807, 2.05) is 22.4 Å². The SMILES string of the molecule is COc1ccc(NC(=O)C2=NOC3(CCCN(C(=O)Cc4cccs4)C3)C2)cc1. The summed E-state index contributed by atoms with van der Waals surface area (Å²) >= 11 is 1.58. The van der Waals surface area contributed by atoms with E-state index in [0.717, 1.165) is 23.5 Å². The highest BCUT2D eigenvalue weighted by molar-refractivity contribution is 7.10. The van der Waals surface area contributed by atoms with E-state index in [1.54, 1.807) is 42.7 Å². The first-order valence-corrected chi connectivity index (χ1v) is 10.5. The van der Waals surface area contributed by atoms with Crippen LogP contribution in [0.15, 0.2) is 46.9 Å². The third-order valence-electron chi connectivity index (χ3n) is 5.25. The van der Waals surface area contributed by atoms with Gasteiger partial charge in [0.2, 0.25) is 5.91 Å². The van der Waals surface area contributed by atoms with Gasteiger partial charge in [-0.15, -0.1) is 11.3 Å². The topological polar surface area (TPSA) is 80.2 Å². The molecule has 1 saturated heterocycles. The molecular formula is C21H23N3O4S. The standard InChI is InChI=1S/C21H23N3O4S/c1-27-16-7-5-15(6-8-16)22-20(26)18-13-21(28-23-18)9-3-10-24(14-21)19(25)12-17-4-2-11-29-17/h2,4-8,11H,3,9-10,12-14H2,1H3,(H,22,26). The molecule has 1 spiro atoms. The number of benzene rings is 1. The second-order valence-electron chi connectivity index (χ2n) is 7.35. The van der Waals surface area contributed by atoms with Crippen molar-refractivity contribution in [3.05, 3.63) is 46.7 Å². The zero-order valence-electron chi connectivity index (χ0n) is 16.2. The number of piperidine rings is 1. The first kappa shape index (κ1) is 19.4. The lowest BCUT2D eigenvalue weighted by molar-refractivity contribution is -0.139. The molecule has 0 aliphatic carbocycles. The molecule has 4 rings (SSSR count). The minimum absolute atomic E-state index is 0.0891. The third kappa shape index (κ3) is 4.42. The fraction of sp³-hybridized carbons (Fsp3) is 0.381. The highest BCUT2D eigenvalue weighted by Gasteiger charge is 2.45. The van der Waals surface area contributed by atoms with E-state index in [-0.39, 0.29) is 11.8 Å². The minimum atomic E-state index is -0.601. The maximum atomic E-state index is 12.7. The van der Waals surface area contributed by atoms with Gasteiger partial charge < -0.3 is 19.8 Å². The monoisotopic (exact) mass is 413 g/mol. The van der Waals surface area contributed by atoms with Crippen LogP contribution in [-0.4, -0.2) is 48.2 Å². The molecule has 8 heteroatoms. The van der Waals surface area contributed by atoms with Crippen LogP contribution in [0.5, 0.6) is 5.75 Å². The third-order valence-corrected chi connectivity index (χ3v) is 6.12. The van der Waals surface area contributed by atoms with E-state index < -0.39 is 5.60 Å². The van der Waals surface area contributed by atoms with Gasteiger partial charge in [0.25, 0.3) is 5.91 Å². The minimum Gasteiger partial charge on any atom is -0.497 e. The number of amides is 2. The van der Waals surface area contributed by atoms with Gasteiger partial charge in [-0.2, -0.15) is 0 Å². The lowest BCUT2D eigenvalue weighted by atomic mass is 9.88. The number of rotatable bonds is 5. The molecule has 152 valence electrons. The van der Waals surface area contributed by atoms with Crippen LogP contribution in [0.4, 0.5) is 5.69 Å². The molecule has 0 bridgehead atoms. The average molecular weight is 413 g/mol. The van der Waals surface area contributed by atoms with Crippen LogP contribution in [0, 0.1) is 0 Å². The normalized spacial score (nSPS) is 20.9. The number of oxime groups is 1. The number of hydrogen-bond acceptors (Lipinski definition) is 6. The van der Waals surface area contributed by atoms with Gasteiger partial charge in [0.1, 0.15) is 11.5 Å². The van der Waals surface area contributed by atoms with Crippen molar-refractivity contribution >= 4 is 34.6 Å². The first-order chi connectivity index (χ1) is 14.1. The van der Waals surface area contributed by atoms with Crippen molar-refractivity contribution in [2.24, 2.45) is 5.16 Å². The van der Waals surface area contributed by atoms with Gasteiger partial charge in [0.15, 0.2) is 5.60 Å². The summed E-state index contributed by atoms with van der Waals surface area (Å²) in [6.45, 7) is 1.17. The molecule has 3 heterocycles. The van der Waals surface area contributed by atoms with Gasteiger partial charge in [-0.05, 0) is 48.6 Å². The number of nitrogens with zero attached hydrogens (tertiary/aromatic N) is 2. The number of carbonyl (C=O) groups excluding carboxylic acids is 2. The molecule has 0 radical (unpaired) electrons. The van der Waals surface area contributed by atoms with Crippen LogP contribution >= 0.6 is 11.3 Å². The molecule has 1 N–H and O–H groups in total. The number of methoxy groups -OCH3 is 1. The molecule has 2 amide bonds. The van der Waals surface area contributed by atoms with Gasteiger partial charge >= 0.3 is 0 Å². The number of carbonyl (C=O) groups is 2. The molecule has 1 fully saturated rings. The molecule has 2 aliphatic rings.